The molecule has 2 rings (SSSR count). The number of carbonyl (C=O) groups is 1. The van der Waals surface area contributed by atoms with Crippen molar-refractivity contribution in [3.8, 4) is 0 Å². The lowest BCUT2D eigenvalue weighted by molar-refractivity contribution is -0.117. The van der Waals surface area contributed by atoms with Gasteiger partial charge in [-0.3, -0.25) is 4.79 Å². The molecule has 5 nitrogen and oxygen atoms in total. The highest BCUT2D eigenvalue weighted by atomic mass is 32.2. The number of carbonyl (C=O) groups excluding carboxylic acids is 1. The lowest BCUT2D eigenvalue weighted by Gasteiger charge is -2.22. The first kappa shape index (κ1) is 18.9. The highest BCUT2D eigenvalue weighted by Crippen LogP contribution is 2.24. The summed E-state index contributed by atoms with van der Waals surface area (Å²) in [5, 5.41) is 0. The number of unbranched alkanes of at least 4 members (excludes halogenated alkanes) is 2. The van der Waals surface area contributed by atoms with Crippen LogP contribution in [0.15, 0.2) is 29.2 Å². The Morgan fingerprint density at radius 2 is 1.62 bits per heavy atom. The molecular formula is C18H28N2O3S. The largest absolute Gasteiger partial charge is 0.312 e. The molecular weight excluding hydrogens is 324 g/mol. The van der Waals surface area contributed by atoms with Crippen LogP contribution in [0.3, 0.4) is 0 Å². The Morgan fingerprint density at radius 1 is 1.04 bits per heavy atom. The second kappa shape index (κ2) is 8.62. The van der Waals surface area contributed by atoms with E-state index in [1.807, 2.05) is 0 Å². The molecule has 1 heterocycles. The topological polar surface area (TPSA) is 57.7 Å². The van der Waals surface area contributed by atoms with E-state index in [2.05, 4.69) is 13.8 Å². The highest BCUT2D eigenvalue weighted by molar-refractivity contribution is 7.89. The smallest absolute Gasteiger partial charge is 0.243 e. The SMILES string of the molecule is CCCCN(CCCC)S(=O)(=O)c1ccc(N2CCCC2=O)cc1. The average Bonchev–Trinajstić information content (AvgIpc) is 3.01. The van der Waals surface area contributed by atoms with Crippen molar-refractivity contribution in [2.45, 2.75) is 57.3 Å². The van der Waals surface area contributed by atoms with Crippen LogP contribution in [-0.2, 0) is 14.8 Å². The summed E-state index contributed by atoms with van der Waals surface area (Å²) >= 11 is 0. The molecule has 0 saturated carbocycles. The van der Waals surface area contributed by atoms with Crippen molar-refractivity contribution >= 4 is 21.6 Å². The quantitative estimate of drug-likeness (QED) is 0.684. The van der Waals surface area contributed by atoms with E-state index < -0.39 is 10.0 Å². The molecule has 1 amide bonds. The molecule has 1 aromatic rings. The fraction of sp³-hybridized carbons (Fsp3) is 0.611. The molecule has 0 unspecified atom stereocenters. The Kier molecular flexibility index (Phi) is 6.80. The van der Waals surface area contributed by atoms with Gasteiger partial charge in [-0.05, 0) is 43.5 Å². The fourth-order valence-electron chi connectivity index (χ4n) is 2.89. The predicted molar refractivity (Wildman–Crippen MR) is 96.6 cm³/mol. The van der Waals surface area contributed by atoms with E-state index in [1.54, 1.807) is 33.5 Å². The van der Waals surface area contributed by atoms with Crippen molar-refractivity contribution in [1.29, 1.82) is 0 Å². The Balaban J connectivity index is 2.18. The van der Waals surface area contributed by atoms with Crippen molar-refractivity contribution in [3.05, 3.63) is 24.3 Å². The summed E-state index contributed by atoms with van der Waals surface area (Å²) in [5.41, 5.74) is 0.783. The lowest BCUT2D eigenvalue weighted by atomic mass is 10.3. The van der Waals surface area contributed by atoms with Crippen molar-refractivity contribution in [2.24, 2.45) is 0 Å². The minimum Gasteiger partial charge on any atom is -0.312 e. The normalized spacial score (nSPS) is 15.5. The van der Waals surface area contributed by atoms with Crippen molar-refractivity contribution in [2.75, 3.05) is 24.5 Å². The number of nitrogens with zero attached hydrogens (tertiary/aromatic N) is 2. The molecule has 0 radical (unpaired) electrons. The summed E-state index contributed by atoms with van der Waals surface area (Å²) in [7, 11) is -3.47. The Labute approximate surface area is 145 Å². The fourth-order valence-corrected chi connectivity index (χ4v) is 4.41. The number of anilines is 1. The van der Waals surface area contributed by atoms with Crippen molar-refractivity contribution in [1.82, 2.24) is 4.31 Å². The molecule has 0 aromatic heterocycles. The van der Waals surface area contributed by atoms with E-state index in [1.165, 1.54) is 0 Å². The van der Waals surface area contributed by atoms with Crippen LogP contribution in [0.5, 0.6) is 0 Å². The van der Waals surface area contributed by atoms with Gasteiger partial charge in [0.1, 0.15) is 0 Å². The number of sulfonamides is 1. The zero-order valence-corrected chi connectivity index (χ0v) is 15.5. The Bertz CT molecular complexity index is 633. The van der Waals surface area contributed by atoms with Crippen LogP contribution in [-0.4, -0.2) is 38.3 Å². The molecule has 1 saturated heterocycles. The highest BCUT2D eigenvalue weighted by Gasteiger charge is 2.25. The minimum atomic E-state index is -3.47. The van der Waals surface area contributed by atoms with Crippen LogP contribution in [0.4, 0.5) is 5.69 Å². The second-order valence-corrected chi connectivity index (χ2v) is 8.19. The number of hydrogen-bond acceptors (Lipinski definition) is 3. The summed E-state index contributed by atoms with van der Waals surface area (Å²) in [6, 6.07) is 6.74. The summed E-state index contributed by atoms with van der Waals surface area (Å²) < 4.78 is 27.4. The first-order valence-corrected chi connectivity index (χ1v) is 10.3. The van der Waals surface area contributed by atoms with Crippen LogP contribution in [0.25, 0.3) is 0 Å². The molecule has 1 aromatic carbocycles. The van der Waals surface area contributed by atoms with Gasteiger partial charge >= 0.3 is 0 Å². The molecule has 0 N–H and O–H groups in total. The number of benzene rings is 1. The van der Waals surface area contributed by atoms with Gasteiger partial charge in [0.25, 0.3) is 0 Å². The zero-order valence-electron chi connectivity index (χ0n) is 14.7. The van der Waals surface area contributed by atoms with E-state index in [0.717, 1.165) is 37.8 Å². The summed E-state index contributed by atoms with van der Waals surface area (Å²) in [5.74, 6) is 0.109. The maximum absolute atomic E-state index is 12.9. The number of rotatable bonds is 9. The standard InChI is InChI=1S/C18H28N2O3S/c1-3-5-13-19(14-6-4-2)24(22,23)17-11-9-16(10-12-17)20-15-7-8-18(20)21/h9-12H,3-8,13-15H2,1-2H3. The third-order valence-electron chi connectivity index (χ3n) is 4.38. The van der Waals surface area contributed by atoms with Gasteiger partial charge in [-0.15, -0.1) is 0 Å². The van der Waals surface area contributed by atoms with Gasteiger partial charge in [0, 0.05) is 31.7 Å². The van der Waals surface area contributed by atoms with Crippen molar-refractivity contribution < 1.29 is 13.2 Å². The van der Waals surface area contributed by atoms with Gasteiger partial charge in [0.05, 0.1) is 4.90 Å². The van der Waals surface area contributed by atoms with Crippen LogP contribution >= 0.6 is 0 Å². The molecule has 1 fully saturated rings. The van der Waals surface area contributed by atoms with Gasteiger partial charge in [-0.25, -0.2) is 8.42 Å². The van der Waals surface area contributed by atoms with Gasteiger partial charge < -0.3 is 4.90 Å². The molecule has 134 valence electrons. The Hall–Kier alpha value is -1.40. The summed E-state index contributed by atoms with van der Waals surface area (Å²) in [4.78, 5) is 13.8. The molecule has 0 spiro atoms. The van der Waals surface area contributed by atoms with Crippen LogP contribution in [0, 0.1) is 0 Å². The molecule has 24 heavy (non-hydrogen) atoms. The van der Waals surface area contributed by atoms with Gasteiger partial charge in [0.15, 0.2) is 0 Å². The van der Waals surface area contributed by atoms with E-state index >= 15 is 0 Å². The Morgan fingerprint density at radius 3 is 2.08 bits per heavy atom. The van der Waals surface area contributed by atoms with E-state index in [0.29, 0.717) is 31.0 Å². The molecule has 0 bridgehead atoms. The van der Waals surface area contributed by atoms with Gasteiger partial charge in [-0.2, -0.15) is 4.31 Å². The summed E-state index contributed by atoms with van der Waals surface area (Å²) in [6.45, 7) is 5.96. The van der Waals surface area contributed by atoms with Crippen LogP contribution in [0.2, 0.25) is 0 Å². The molecule has 1 aliphatic heterocycles. The first-order chi connectivity index (χ1) is 11.5. The van der Waals surface area contributed by atoms with E-state index in [-0.39, 0.29) is 5.91 Å². The average molecular weight is 353 g/mol. The maximum atomic E-state index is 12.9. The third-order valence-corrected chi connectivity index (χ3v) is 6.29. The van der Waals surface area contributed by atoms with Gasteiger partial charge in [-0.1, -0.05) is 26.7 Å². The van der Waals surface area contributed by atoms with Crippen molar-refractivity contribution in [3.63, 3.8) is 0 Å². The minimum absolute atomic E-state index is 0.109. The number of hydrogen-bond donors (Lipinski definition) is 0. The molecule has 1 aliphatic rings. The van der Waals surface area contributed by atoms with E-state index in [4.69, 9.17) is 0 Å². The van der Waals surface area contributed by atoms with E-state index in [9.17, 15) is 13.2 Å². The number of amides is 1. The van der Waals surface area contributed by atoms with Crippen LogP contribution < -0.4 is 4.90 Å². The molecule has 0 atom stereocenters. The zero-order chi connectivity index (χ0) is 17.6. The molecule has 0 aliphatic carbocycles. The second-order valence-electron chi connectivity index (χ2n) is 6.25. The monoisotopic (exact) mass is 352 g/mol. The maximum Gasteiger partial charge on any atom is 0.243 e. The first-order valence-electron chi connectivity index (χ1n) is 8.91. The van der Waals surface area contributed by atoms with Gasteiger partial charge in [0.2, 0.25) is 15.9 Å². The summed E-state index contributed by atoms with van der Waals surface area (Å²) in [6.07, 6.45) is 5.09. The third kappa shape index (κ3) is 4.36. The molecule has 6 heteroatoms. The van der Waals surface area contributed by atoms with Crippen LogP contribution in [0.1, 0.15) is 52.4 Å². The lowest BCUT2D eigenvalue weighted by Crippen LogP contribution is -2.33. The predicted octanol–water partition coefficient (Wildman–Crippen LogP) is 3.40.